The molecule has 3 nitrogen and oxygen atoms in total. The van der Waals surface area contributed by atoms with Gasteiger partial charge in [0.25, 0.3) is 5.91 Å². The van der Waals surface area contributed by atoms with Crippen LogP contribution >= 0.6 is 39.9 Å². The van der Waals surface area contributed by atoms with Crippen LogP contribution in [0.25, 0.3) is 0 Å². The molecule has 2 N–H and O–H groups in total. The molecule has 1 aliphatic heterocycles. The predicted octanol–water partition coefficient (Wildman–Crippen LogP) is 3.33. The Labute approximate surface area is 133 Å². The van der Waals surface area contributed by atoms with Gasteiger partial charge in [-0.2, -0.15) is 0 Å². The van der Waals surface area contributed by atoms with E-state index in [2.05, 4.69) is 22.9 Å². The molecule has 0 aliphatic carbocycles. The van der Waals surface area contributed by atoms with Crippen LogP contribution in [0, 0.1) is 5.92 Å². The molecule has 1 aromatic rings. The predicted molar refractivity (Wildman–Crippen MR) is 84.1 cm³/mol. The third-order valence-electron chi connectivity index (χ3n) is 3.42. The van der Waals surface area contributed by atoms with Crippen LogP contribution in [0.5, 0.6) is 0 Å². The smallest absolute Gasteiger partial charge is 0.255 e. The lowest BCUT2D eigenvalue weighted by Crippen LogP contribution is -2.48. The lowest BCUT2D eigenvalue weighted by atomic mass is 9.94. The second-order valence-electron chi connectivity index (χ2n) is 4.81. The number of benzene rings is 1. The Balaban J connectivity index is 0.00000180. The molecule has 2 atom stereocenters. The zero-order valence-corrected chi connectivity index (χ0v) is 13.8. The van der Waals surface area contributed by atoms with Crippen molar-refractivity contribution in [3.05, 3.63) is 33.3 Å². The third-order valence-corrected chi connectivity index (χ3v) is 4.23. The summed E-state index contributed by atoms with van der Waals surface area (Å²) in [7, 11) is 0. The molecule has 2 unspecified atom stereocenters. The third kappa shape index (κ3) is 3.85. The number of halogens is 3. The summed E-state index contributed by atoms with van der Waals surface area (Å²) >= 11 is 9.44. The maximum absolute atomic E-state index is 12.4. The van der Waals surface area contributed by atoms with Crippen molar-refractivity contribution in [1.82, 2.24) is 4.90 Å². The van der Waals surface area contributed by atoms with Crippen LogP contribution in [-0.2, 0) is 0 Å². The van der Waals surface area contributed by atoms with Crippen molar-refractivity contribution < 1.29 is 4.79 Å². The number of amides is 1. The van der Waals surface area contributed by atoms with Gasteiger partial charge in [0.05, 0.1) is 10.6 Å². The van der Waals surface area contributed by atoms with E-state index in [4.69, 9.17) is 17.3 Å². The van der Waals surface area contributed by atoms with Crippen LogP contribution < -0.4 is 5.73 Å². The summed E-state index contributed by atoms with van der Waals surface area (Å²) in [6, 6.07) is 5.52. The topological polar surface area (TPSA) is 46.3 Å². The van der Waals surface area contributed by atoms with Crippen LogP contribution in [0.1, 0.15) is 23.7 Å². The van der Waals surface area contributed by atoms with E-state index in [1.54, 1.807) is 12.1 Å². The van der Waals surface area contributed by atoms with Gasteiger partial charge in [-0.3, -0.25) is 4.79 Å². The molecule has 106 valence electrons. The molecule has 0 spiro atoms. The molecular formula is C13H17BrCl2N2O. The first kappa shape index (κ1) is 16.8. The molecule has 0 radical (unpaired) electrons. The fourth-order valence-electron chi connectivity index (χ4n) is 2.18. The highest BCUT2D eigenvalue weighted by molar-refractivity contribution is 9.10. The van der Waals surface area contributed by atoms with Crippen molar-refractivity contribution in [1.29, 1.82) is 0 Å². The number of hydrogen-bond acceptors (Lipinski definition) is 2. The van der Waals surface area contributed by atoms with E-state index in [1.165, 1.54) is 0 Å². The fourth-order valence-corrected chi connectivity index (χ4v) is 2.94. The summed E-state index contributed by atoms with van der Waals surface area (Å²) in [5.74, 6) is 0.322. The first-order valence-electron chi connectivity index (χ1n) is 5.99. The lowest BCUT2D eigenvalue weighted by molar-refractivity contribution is 0.0664. The highest BCUT2D eigenvalue weighted by atomic mass is 79.9. The molecule has 19 heavy (non-hydrogen) atoms. The number of nitrogens with two attached hydrogens (primary N) is 1. The second-order valence-corrected chi connectivity index (χ2v) is 6.13. The van der Waals surface area contributed by atoms with Crippen LogP contribution in [0.2, 0.25) is 5.02 Å². The quantitative estimate of drug-likeness (QED) is 0.827. The van der Waals surface area contributed by atoms with E-state index in [-0.39, 0.29) is 24.4 Å². The van der Waals surface area contributed by atoms with Gasteiger partial charge < -0.3 is 10.6 Å². The van der Waals surface area contributed by atoms with Gasteiger partial charge in [0.15, 0.2) is 0 Å². The molecule has 0 saturated carbocycles. The molecule has 1 heterocycles. The lowest BCUT2D eigenvalue weighted by Gasteiger charge is -2.35. The van der Waals surface area contributed by atoms with E-state index >= 15 is 0 Å². The molecule has 2 rings (SSSR count). The van der Waals surface area contributed by atoms with E-state index < -0.39 is 0 Å². The Morgan fingerprint density at radius 2 is 2.21 bits per heavy atom. The van der Waals surface area contributed by atoms with Gasteiger partial charge in [-0.25, -0.2) is 0 Å². The van der Waals surface area contributed by atoms with E-state index in [9.17, 15) is 4.79 Å². The van der Waals surface area contributed by atoms with Gasteiger partial charge in [0, 0.05) is 23.6 Å². The molecule has 1 aromatic carbocycles. The zero-order valence-electron chi connectivity index (χ0n) is 10.6. The summed E-state index contributed by atoms with van der Waals surface area (Å²) in [4.78, 5) is 14.2. The normalized spacial score (nSPS) is 22.8. The Bertz CT molecular complexity index is 470. The SMILES string of the molecule is CC1CN(C(=O)c2ccc(Br)cc2Cl)CCC1N.Cl. The van der Waals surface area contributed by atoms with Gasteiger partial charge in [0.2, 0.25) is 0 Å². The van der Waals surface area contributed by atoms with Crippen molar-refractivity contribution >= 4 is 45.8 Å². The Morgan fingerprint density at radius 3 is 2.79 bits per heavy atom. The summed E-state index contributed by atoms with van der Waals surface area (Å²) in [6.07, 6.45) is 0.848. The molecule has 1 fully saturated rings. The van der Waals surface area contributed by atoms with Crippen molar-refractivity contribution in [3.8, 4) is 0 Å². The van der Waals surface area contributed by atoms with Gasteiger partial charge in [-0.05, 0) is 30.5 Å². The van der Waals surface area contributed by atoms with Crippen LogP contribution in [0.4, 0.5) is 0 Å². The monoisotopic (exact) mass is 366 g/mol. The number of nitrogens with zero attached hydrogens (tertiary/aromatic N) is 1. The van der Waals surface area contributed by atoms with Gasteiger partial charge in [-0.1, -0.05) is 34.5 Å². The second kappa shape index (κ2) is 6.93. The number of piperidine rings is 1. The van der Waals surface area contributed by atoms with Crippen molar-refractivity contribution in [3.63, 3.8) is 0 Å². The summed E-state index contributed by atoms with van der Waals surface area (Å²) < 4.78 is 0.873. The first-order chi connectivity index (χ1) is 8.49. The molecular weight excluding hydrogens is 351 g/mol. The van der Waals surface area contributed by atoms with Crippen molar-refractivity contribution in [2.24, 2.45) is 11.7 Å². The summed E-state index contributed by atoms with van der Waals surface area (Å²) in [6.45, 7) is 3.48. The number of hydrogen-bond donors (Lipinski definition) is 1. The molecule has 0 bridgehead atoms. The standard InChI is InChI=1S/C13H16BrClN2O.ClH/c1-8-7-17(5-4-12(8)16)13(18)10-3-2-9(14)6-11(10)15;/h2-3,6,8,12H,4-5,7,16H2,1H3;1H. The fraction of sp³-hybridized carbons (Fsp3) is 0.462. The maximum atomic E-state index is 12.4. The van der Waals surface area contributed by atoms with E-state index in [0.717, 1.165) is 10.9 Å². The maximum Gasteiger partial charge on any atom is 0.255 e. The van der Waals surface area contributed by atoms with Gasteiger partial charge in [0.1, 0.15) is 0 Å². The minimum absolute atomic E-state index is 0. The Kier molecular flexibility index (Phi) is 6.12. The molecule has 1 amide bonds. The number of carbonyl (C=O) groups excluding carboxylic acids is 1. The number of carbonyl (C=O) groups is 1. The minimum atomic E-state index is -0.00810. The van der Waals surface area contributed by atoms with E-state index in [0.29, 0.717) is 29.6 Å². The first-order valence-corrected chi connectivity index (χ1v) is 7.16. The van der Waals surface area contributed by atoms with E-state index in [1.807, 2.05) is 11.0 Å². The molecule has 6 heteroatoms. The van der Waals surface area contributed by atoms with Crippen molar-refractivity contribution in [2.45, 2.75) is 19.4 Å². The molecule has 0 aromatic heterocycles. The van der Waals surface area contributed by atoms with Crippen LogP contribution in [0.15, 0.2) is 22.7 Å². The zero-order chi connectivity index (χ0) is 13.3. The van der Waals surface area contributed by atoms with Crippen molar-refractivity contribution in [2.75, 3.05) is 13.1 Å². The average Bonchev–Trinajstić information content (AvgIpc) is 2.32. The molecule has 1 aliphatic rings. The summed E-state index contributed by atoms with van der Waals surface area (Å²) in [5, 5.41) is 0.483. The minimum Gasteiger partial charge on any atom is -0.338 e. The van der Waals surface area contributed by atoms with Crippen LogP contribution in [0.3, 0.4) is 0 Å². The van der Waals surface area contributed by atoms with Gasteiger partial charge in [-0.15, -0.1) is 12.4 Å². The highest BCUT2D eigenvalue weighted by Gasteiger charge is 2.27. The Hall–Kier alpha value is -0.290. The number of likely N-dealkylation sites (tertiary alicyclic amines) is 1. The number of rotatable bonds is 1. The summed E-state index contributed by atoms with van der Waals surface area (Å²) in [5.41, 5.74) is 6.52. The Morgan fingerprint density at radius 1 is 1.53 bits per heavy atom. The average molecular weight is 368 g/mol. The molecule has 1 saturated heterocycles. The van der Waals surface area contributed by atoms with Gasteiger partial charge >= 0.3 is 0 Å². The highest BCUT2D eigenvalue weighted by Crippen LogP contribution is 2.24. The largest absolute Gasteiger partial charge is 0.338 e. The van der Waals surface area contributed by atoms with Crippen LogP contribution in [-0.4, -0.2) is 29.9 Å².